The molecular weight excluding hydrogens is 260 g/mol. The van der Waals surface area contributed by atoms with E-state index in [9.17, 15) is 18.0 Å². The Morgan fingerprint density at radius 2 is 2.22 bits per heavy atom. The van der Waals surface area contributed by atoms with Crippen LogP contribution in [0.15, 0.2) is 17.3 Å². The van der Waals surface area contributed by atoms with Gasteiger partial charge in [-0.25, -0.2) is 8.42 Å². The van der Waals surface area contributed by atoms with Gasteiger partial charge in [0.2, 0.25) is 21.8 Å². The van der Waals surface area contributed by atoms with Crippen LogP contribution in [0.1, 0.15) is 12.8 Å². The first kappa shape index (κ1) is 12.7. The smallest absolute Gasteiger partial charge is 0.244 e. The van der Waals surface area contributed by atoms with E-state index in [1.165, 1.54) is 17.1 Å². The Morgan fingerprint density at radius 3 is 2.78 bits per heavy atom. The minimum Gasteiger partial charge on any atom is -0.295 e. The van der Waals surface area contributed by atoms with Crippen LogP contribution < -0.4 is 10.0 Å². The lowest BCUT2D eigenvalue weighted by molar-refractivity contribution is -0.134. The number of aryl methyl sites for hydroxylation is 1. The number of carbonyl (C=O) groups excluding carboxylic acids is 2. The van der Waals surface area contributed by atoms with Crippen LogP contribution >= 0.6 is 0 Å². The molecule has 0 bridgehead atoms. The number of piperidine rings is 1. The number of imide groups is 1. The van der Waals surface area contributed by atoms with Gasteiger partial charge in [0.15, 0.2) is 0 Å². The standard InChI is InChI=1S/C9H12N4O4S/c1-13-5-6(4-10-13)18(16,17)12-7-2-3-8(14)11-9(7)15/h4-5,7,12H,2-3H2,1H3,(H,11,14,15). The predicted octanol–water partition coefficient (Wildman–Crippen LogP) is -1.50. The highest BCUT2D eigenvalue weighted by atomic mass is 32.2. The van der Waals surface area contributed by atoms with E-state index in [2.05, 4.69) is 15.1 Å². The Kier molecular flexibility index (Phi) is 3.18. The van der Waals surface area contributed by atoms with Gasteiger partial charge in [-0.3, -0.25) is 19.6 Å². The molecule has 1 aliphatic rings. The van der Waals surface area contributed by atoms with Gasteiger partial charge in [-0.05, 0) is 6.42 Å². The van der Waals surface area contributed by atoms with Gasteiger partial charge < -0.3 is 0 Å². The zero-order chi connectivity index (χ0) is 13.3. The third kappa shape index (κ3) is 2.57. The molecular formula is C9H12N4O4S. The topological polar surface area (TPSA) is 110 Å². The molecule has 98 valence electrons. The SMILES string of the molecule is Cn1cc(S(=O)(=O)NC2CCC(=O)NC2=O)cn1. The molecule has 2 heterocycles. The molecule has 0 aromatic carbocycles. The van der Waals surface area contributed by atoms with Gasteiger partial charge >= 0.3 is 0 Å². The van der Waals surface area contributed by atoms with E-state index in [4.69, 9.17) is 0 Å². The molecule has 1 aliphatic heterocycles. The summed E-state index contributed by atoms with van der Waals surface area (Å²) in [5.41, 5.74) is 0. The van der Waals surface area contributed by atoms with E-state index < -0.39 is 27.9 Å². The van der Waals surface area contributed by atoms with Crippen LogP contribution in [0.25, 0.3) is 0 Å². The summed E-state index contributed by atoms with van der Waals surface area (Å²) in [5, 5.41) is 5.83. The number of amides is 2. The summed E-state index contributed by atoms with van der Waals surface area (Å²) in [6.07, 6.45) is 2.79. The summed E-state index contributed by atoms with van der Waals surface area (Å²) in [7, 11) is -2.21. The molecule has 0 spiro atoms. The van der Waals surface area contributed by atoms with Crippen molar-refractivity contribution >= 4 is 21.8 Å². The van der Waals surface area contributed by atoms with Crippen LogP contribution in [0.4, 0.5) is 0 Å². The first-order valence-corrected chi connectivity index (χ1v) is 6.71. The number of hydrogen-bond donors (Lipinski definition) is 2. The van der Waals surface area contributed by atoms with Crippen LogP contribution in [-0.4, -0.2) is 36.1 Å². The predicted molar refractivity (Wildman–Crippen MR) is 59.7 cm³/mol. The number of nitrogens with zero attached hydrogens (tertiary/aromatic N) is 2. The summed E-state index contributed by atoms with van der Waals surface area (Å²) >= 11 is 0. The van der Waals surface area contributed by atoms with Crippen molar-refractivity contribution in [1.29, 1.82) is 0 Å². The van der Waals surface area contributed by atoms with Crippen molar-refractivity contribution in [2.45, 2.75) is 23.8 Å². The molecule has 0 radical (unpaired) electrons. The number of nitrogens with one attached hydrogen (secondary N) is 2. The number of sulfonamides is 1. The van der Waals surface area contributed by atoms with Crippen LogP contribution in [0.5, 0.6) is 0 Å². The fraction of sp³-hybridized carbons (Fsp3) is 0.444. The summed E-state index contributed by atoms with van der Waals surface area (Å²) < 4.78 is 27.4. The Bertz CT molecular complexity index is 591. The van der Waals surface area contributed by atoms with Gasteiger partial charge in [0.25, 0.3) is 0 Å². The molecule has 2 amide bonds. The maximum atomic E-state index is 11.9. The van der Waals surface area contributed by atoms with Crippen molar-refractivity contribution in [2.75, 3.05) is 0 Å². The summed E-state index contributed by atoms with van der Waals surface area (Å²) in [5.74, 6) is -1.02. The average Bonchev–Trinajstić information content (AvgIpc) is 2.70. The molecule has 2 rings (SSSR count). The fourth-order valence-electron chi connectivity index (χ4n) is 1.60. The Balaban J connectivity index is 2.14. The Morgan fingerprint density at radius 1 is 1.50 bits per heavy atom. The van der Waals surface area contributed by atoms with E-state index in [-0.39, 0.29) is 17.7 Å². The number of rotatable bonds is 3. The molecule has 1 atom stereocenters. The van der Waals surface area contributed by atoms with Gasteiger partial charge in [-0.2, -0.15) is 9.82 Å². The molecule has 0 aliphatic carbocycles. The lowest BCUT2D eigenvalue weighted by Crippen LogP contribution is -2.52. The van der Waals surface area contributed by atoms with Gasteiger partial charge in [-0.15, -0.1) is 0 Å². The maximum Gasteiger partial charge on any atom is 0.244 e. The van der Waals surface area contributed by atoms with Crippen LogP contribution in [0.2, 0.25) is 0 Å². The Labute approximate surface area is 103 Å². The molecule has 18 heavy (non-hydrogen) atoms. The van der Waals surface area contributed by atoms with Gasteiger partial charge in [-0.1, -0.05) is 0 Å². The van der Waals surface area contributed by atoms with Crippen molar-refractivity contribution in [3.05, 3.63) is 12.4 Å². The third-order valence-electron chi connectivity index (χ3n) is 2.53. The number of carbonyl (C=O) groups is 2. The second-order valence-corrected chi connectivity index (χ2v) is 5.69. The monoisotopic (exact) mass is 272 g/mol. The average molecular weight is 272 g/mol. The Hall–Kier alpha value is -1.74. The van der Waals surface area contributed by atoms with Gasteiger partial charge in [0, 0.05) is 19.7 Å². The summed E-state index contributed by atoms with van der Waals surface area (Å²) in [6, 6.07) is -0.923. The van der Waals surface area contributed by atoms with E-state index in [0.29, 0.717) is 0 Å². The van der Waals surface area contributed by atoms with E-state index >= 15 is 0 Å². The van der Waals surface area contributed by atoms with Crippen molar-refractivity contribution in [3.63, 3.8) is 0 Å². The van der Waals surface area contributed by atoms with Crippen molar-refractivity contribution < 1.29 is 18.0 Å². The minimum atomic E-state index is -3.79. The highest BCUT2D eigenvalue weighted by Gasteiger charge is 2.31. The highest BCUT2D eigenvalue weighted by molar-refractivity contribution is 7.89. The van der Waals surface area contributed by atoms with Crippen LogP contribution in [0.3, 0.4) is 0 Å². The van der Waals surface area contributed by atoms with Crippen molar-refractivity contribution in [3.8, 4) is 0 Å². The summed E-state index contributed by atoms with van der Waals surface area (Å²) in [6.45, 7) is 0. The molecule has 2 N–H and O–H groups in total. The van der Waals surface area contributed by atoms with Crippen molar-refractivity contribution in [1.82, 2.24) is 19.8 Å². The fourth-order valence-corrected chi connectivity index (χ4v) is 2.81. The first-order chi connectivity index (χ1) is 8.38. The number of aromatic nitrogens is 2. The molecule has 0 saturated carbocycles. The zero-order valence-corrected chi connectivity index (χ0v) is 10.4. The second-order valence-electron chi connectivity index (χ2n) is 3.97. The molecule has 1 fully saturated rings. The van der Waals surface area contributed by atoms with Crippen LogP contribution in [-0.2, 0) is 26.7 Å². The lowest BCUT2D eigenvalue weighted by atomic mass is 10.1. The van der Waals surface area contributed by atoms with E-state index in [1.807, 2.05) is 0 Å². The summed E-state index contributed by atoms with van der Waals surface area (Å²) in [4.78, 5) is 22.4. The van der Waals surface area contributed by atoms with Gasteiger partial charge in [0.05, 0.1) is 6.20 Å². The highest BCUT2D eigenvalue weighted by Crippen LogP contribution is 2.11. The second kappa shape index (κ2) is 4.50. The molecule has 9 heteroatoms. The van der Waals surface area contributed by atoms with E-state index in [1.54, 1.807) is 7.05 Å². The zero-order valence-electron chi connectivity index (χ0n) is 9.58. The largest absolute Gasteiger partial charge is 0.295 e. The maximum absolute atomic E-state index is 11.9. The quantitative estimate of drug-likeness (QED) is 0.651. The minimum absolute atomic E-state index is 0.0188. The first-order valence-electron chi connectivity index (χ1n) is 5.23. The van der Waals surface area contributed by atoms with Crippen molar-refractivity contribution in [2.24, 2.45) is 7.05 Å². The lowest BCUT2D eigenvalue weighted by Gasteiger charge is -2.21. The van der Waals surface area contributed by atoms with Gasteiger partial charge in [0.1, 0.15) is 10.9 Å². The third-order valence-corrected chi connectivity index (χ3v) is 3.95. The molecule has 1 aromatic rings. The normalized spacial score (nSPS) is 20.8. The molecule has 1 unspecified atom stereocenters. The molecule has 8 nitrogen and oxygen atoms in total. The molecule has 1 aromatic heterocycles. The van der Waals surface area contributed by atoms with E-state index in [0.717, 1.165) is 0 Å². The van der Waals surface area contributed by atoms with Crippen LogP contribution in [0, 0.1) is 0 Å². The molecule has 1 saturated heterocycles. The number of hydrogen-bond acceptors (Lipinski definition) is 5.